The summed E-state index contributed by atoms with van der Waals surface area (Å²) in [6.45, 7) is 4.23. The number of hydrogen-bond donors (Lipinski definition) is 1. The fraction of sp³-hybridized carbons (Fsp3) is 0.556. The fourth-order valence-corrected chi connectivity index (χ4v) is 5.12. The van der Waals surface area contributed by atoms with E-state index in [0.717, 1.165) is 13.1 Å². The van der Waals surface area contributed by atoms with Gasteiger partial charge in [-0.15, -0.1) is 0 Å². The van der Waals surface area contributed by atoms with Crippen molar-refractivity contribution in [1.29, 1.82) is 0 Å². The van der Waals surface area contributed by atoms with Gasteiger partial charge >= 0.3 is 0 Å². The van der Waals surface area contributed by atoms with Crippen LogP contribution >= 0.6 is 0 Å². The van der Waals surface area contributed by atoms with Crippen molar-refractivity contribution >= 4 is 27.3 Å². The lowest BCUT2D eigenvalue weighted by atomic mass is 10.1. The summed E-state index contributed by atoms with van der Waals surface area (Å²) < 4.78 is 23.1. The van der Waals surface area contributed by atoms with Crippen LogP contribution in [0.3, 0.4) is 0 Å². The zero-order valence-corrected chi connectivity index (χ0v) is 15.8. The van der Waals surface area contributed by atoms with E-state index < -0.39 is 9.84 Å². The first-order valence-corrected chi connectivity index (χ1v) is 10.8. The van der Waals surface area contributed by atoms with E-state index in [0.29, 0.717) is 43.2 Å². The molecule has 3 rings (SSSR count). The van der Waals surface area contributed by atoms with Gasteiger partial charge in [-0.25, -0.2) is 8.42 Å². The molecule has 2 amide bonds. The van der Waals surface area contributed by atoms with Gasteiger partial charge < -0.3 is 10.2 Å². The van der Waals surface area contributed by atoms with Crippen LogP contribution in [0.2, 0.25) is 0 Å². The summed E-state index contributed by atoms with van der Waals surface area (Å²) in [6, 6.07) is 7.28. The Bertz CT molecular complexity index is 771. The highest BCUT2D eigenvalue weighted by molar-refractivity contribution is 7.91. The first-order valence-electron chi connectivity index (χ1n) is 8.95. The molecule has 0 atom stereocenters. The van der Waals surface area contributed by atoms with Crippen molar-refractivity contribution in [1.82, 2.24) is 9.80 Å². The van der Waals surface area contributed by atoms with Gasteiger partial charge in [-0.1, -0.05) is 6.07 Å². The third kappa shape index (κ3) is 4.62. The molecule has 0 aliphatic carbocycles. The zero-order valence-electron chi connectivity index (χ0n) is 15.0. The SMILES string of the molecule is CC(=O)Nc1cccc(C(=O)N2CCN(C3CCS(=O)(=O)CC3)CC2)c1. The molecule has 0 saturated carbocycles. The topological polar surface area (TPSA) is 86.8 Å². The third-order valence-electron chi connectivity index (χ3n) is 5.07. The van der Waals surface area contributed by atoms with E-state index in [2.05, 4.69) is 10.2 Å². The monoisotopic (exact) mass is 379 g/mol. The second-order valence-electron chi connectivity index (χ2n) is 6.97. The molecule has 0 unspecified atom stereocenters. The number of amides is 2. The lowest BCUT2D eigenvalue weighted by molar-refractivity contribution is -0.114. The molecule has 8 heteroatoms. The van der Waals surface area contributed by atoms with Crippen molar-refractivity contribution in [2.45, 2.75) is 25.8 Å². The van der Waals surface area contributed by atoms with Crippen LogP contribution in [-0.4, -0.2) is 73.8 Å². The number of rotatable bonds is 3. The van der Waals surface area contributed by atoms with Crippen molar-refractivity contribution in [3.63, 3.8) is 0 Å². The molecule has 2 aliphatic rings. The Morgan fingerprint density at radius 3 is 2.35 bits per heavy atom. The number of piperazine rings is 1. The number of benzene rings is 1. The minimum absolute atomic E-state index is 0.0388. The van der Waals surface area contributed by atoms with E-state index in [9.17, 15) is 18.0 Å². The largest absolute Gasteiger partial charge is 0.336 e. The van der Waals surface area contributed by atoms with E-state index in [-0.39, 0.29) is 23.3 Å². The van der Waals surface area contributed by atoms with Crippen LogP contribution < -0.4 is 5.32 Å². The number of anilines is 1. The highest BCUT2D eigenvalue weighted by atomic mass is 32.2. The summed E-state index contributed by atoms with van der Waals surface area (Å²) in [6.07, 6.45) is 1.38. The van der Waals surface area contributed by atoms with E-state index in [1.165, 1.54) is 6.92 Å². The van der Waals surface area contributed by atoms with Gasteiger partial charge in [0.05, 0.1) is 11.5 Å². The summed E-state index contributed by atoms with van der Waals surface area (Å²) in [7, 11) is -2.85. The first-order chi connectivity index (χ1) is 12.3. The summed E-state index contributed by atoms with van der Waals surface area (Å²) in [5.41, 5.74) is 1.18. The van der Waals surface area contributed by atoms with Crippen molar-refractivity contribution in [3.8, 4) is 0 Å². The molecule has 0 spiro atoms. The van der Waals surface area contributed by atoms with E-state index in [4.69, 9.17) is 0 Å². The highest BCUT2D eigenvalue weighted by Crippen LogP contribution is 2.20. The van der Waals surface area contributed by atoms with Crippen LogP contribution in [0.15, 0.2) is 24.3 Å². The van der Waals surface area contributed by atoms with Crippen molar-refractivity contribution < 1.29 is 18.0 Å². The number of nitrogens with zero attached hydrogens (tertiary/aromatic N) is 2. The Morgan fingerprint density at radius 2 is 1.73 bits per heavy atom. The molecule has 1 aromatic rings. The van der Waals surface area contributed by atoms with Crippen LogP contribution in [-0.2, 0) is 14.6 Å². The van der Waals surface area contributed by atoms with Gasteiger partial charge in [-0.3, -0.25) is 14.5 Å². The third-order valence-corrected chi connectivity index (χ3v) is 6.79. The Kier molecular flexibility index (Phi) is 5.62. The van der Waals surface area contributed by atoms with Gasteiger partial charge in [0.2, 0.25) is 5.91 Å². The van der Waals surface area contributed by atoms with Crippen LogP contribution in [0.25, 0.3) is 0 Å². The van der Waals surface area contributed by atoms with Crippen LogP contribution in [0.4, 0.5) is 5.69 Å². The molecular weight excluding hydrogens is 354 g/mol. The Labute approximate surface area is 154 Å². The minimum Gasteiger partial charge on any atom is -0.336 e. The van der Waals surface area contributed by atoms with Gasteiger partial charge in [0.25, 0.3) is 5.91 Å². The molecular formula is C18H25N3O4S. The molecule has 7 nitrogen and oxygen atoms in total. The standard InChI is InChI=1S/C18H25N3O4S/c1-14(22)19-16-4-2-3-15(13-16)18(23)21-9-7-20(8-10-21)17-5-11-26(24,25)12-6-17/h2-4,13,17H,5-12H2,1H3,(H,19,22). The molecule has 0 aromatic heterocycles. The maximum atomic E-state index is 12.7. The maximum Gasteiger partial charge on any atom is 0.254 e. The second kappa shape index (κ2) is 7.75. The molecule has 2 saturated heterocycles. The van der Waals surface area contributed by atoms with Gasteiger partial charge in [0.15, 0.2) is 0 Å². The molecule has 2 fully saturated rings. The predicted octanol–water partition coefficient (Wildman–Crippen LogP) is 0.980. The van der Waals surface area contributed by atoms with Crippen LogP contribution in [0.1, 0.15) is 30.1 Å². The number of hydrogen-bond acceptors (Lipinski definition) is 5. The molecule has 2 aliphatic heterocycles. The van der Waals surface area contributed by atoms with E-state index in [1.807, 2.05) is 4.90 Å². The average Bonchev–Trinajstić information content (AvgIpc) is 2.61. The quantitative estimate of drug-likeness (QED) is 0.846. The number of carbonyl (C=O) groups excluding carboxylic acids is 2. The van der Waals surface area contributed by atoms with Crippen molar-refractivity contribution in [2.24, 2.45) is 0 Å². The molecule has 0 bridgehead atoms. The van der Waals surface area contributed by atoms with Crippen molar-refractivity contribution in [2.75, 3.05) is 43.0 Å². The van der Waals surface area contributed by atoms with E-state index in [1.54, 1.807) is 24.3 Å². The van der Waals surface area contributed by atoms with Crippen LogP contribution in [0.5, 0.6) is 0 Å². The first kappa shape index (κ1) is 18.8. The summed E-state index contributed by atoms with van der Waals surface area (Å²) >= 11 is 0. The van der Waals surface area contributed by atoms with Gasteiger partial charge in [-0.05, 0) is 31.0 Å². The van der Waals surface area contributed by atoms with Gasteiger partial charge in [0.1, 0.15) is 9.84 Å². The lowest BCUT2D eigenvalue weighted by Gasteiger charge is -2.40. The Morgan fingerprint density at radius 1 is 1.08 bits per heavy atom. The summed E-state index contributed by atoms with van der Waals surface area (Å²) in [5, 5.41) is 2.69. The van der Waals surface area contributed by atoms with E-state index >= 15 is 0 Å². The zero-order chi connectivity index (χ0) is 18.7. The van der Waals surface area contributed by atoms with Crippen molar-refractivity contribution in [3.05, 3.63) is 29.8 Å². The van der Waals surface area contributed by atoms with Gasteiger partial charge in [0, 0.05) is 50.4 Å². The number of nitrogens with one attached hydrogen (secondary N) is 1. The molecule has 1 N–H and O–H groups in total. The molecule has 26 heavy (non-hydrogen) atoms. The van der Waals surface area contributed by atoms with Gasteiger partial charge in [-0.2, -0.15) is 0 Å². The molecule has 0 radical (unpaired) electrons. The maximum absolute atomic E-state index is 12.7. The molecule has 142 valence electrons. The fourth-order valence-electron chi connectivity index (χ4n) is 3.65. The predicted molar refractivity (Wildman–Crippen MR) is 99.9 cm³/mol. The number of carbonyl (C=O) groups is 2. The lowest BCUT2D eigenvalue weighted by Crippen LogP contribution is -2.53. The molecule has 1 aromatic carbocycles. The smallest absolute Gasteiger partial charge is 0.254 e. The Balaban J connectivity index is 1.56. The Hall–Kier alpha value is -1.93. The second-order valence-corrected chi connectivity index (χ2v) is 9.28. The number of sulfone groups is 1. The normalized spacial score (nSPS) is 21.3. The average molecular weight is 379 g/mol. The summed E-state index contributed by atoms with van der Waals surface area (Å²) in [4.78, 5) is 28.0. The van der Waals surface area contributed by atoms with Crippen LogP contribution in [0, 0.1) is 0 Å². The molecule has 2 heterocycles. The minimum atomic E-state index is -2.85. The summed E-state index contributed by atoms with van der Waals surface area (Å²) in [5.74, 6) is 0.334. The highest BCUT2D eigenvalue weighted by Gasteiger charge is 2.31.